The van der Waals surface area contributed by atoms with Gasteiger partial charge < -0.3 is 15.2 Å². The predicted molar refractivity (Wildman–Crippen MR) is 75.6 cm³/mol. The van der Waals surface area contributed by atoms with Crippen LogP contribution in [0.2, 0.25) is 0 Å². The first kappa shape index (κ1) is 13.8. The van der Waals surface area contributed by atoms with Crippen LogP contribution < -0.4 is 10.1 Å². The lowest BCUT2D eigenvalue weighted by Gasteiger charge is -2.04. The zero-order valence-corrected chi connectivity index (χ0v) is 11.6. The van der Waals surface area contributed by atoms with Crippen LogP contribution in [0.15, 0.2) is 24.3 Å². The van der Waals surface area contributed by atoms with Crippen molar-refractivity contribution in [1.29, 1.82) is 0 Å². The molecule has 0 spiro atoms. The van der Waals surface area contributed by atoms with E-state index in [4.69, 9.17) is 9.84 Å². The number of ether oxygens (including phenoxy) is 1. The largest absolute Gasteiger partial charge is 0.486 e. The topological polar surface area (TPSA) is 67.3 Å². The van der Waals surface area contributed by atoms with Crippen LogP contribution in [0.25, 0.3) is 0 Å². The first-order valence-electron chi connectivity index (χ1n) is 6.20. The minimum absolute atomic E-state index is 0.165. The van der Waals surface area contributed by atoms with Gasteiger partial charge in [-0.3, -0.25) is 0 Å². The van der Waals surface area contributed by atoms with E-state index < -0.39 is 0 Å². The van der Waals surface area contributed by atoms with Gasteiger partial charge >= 0.3 is 0 Å². The Bertz CT molecular complexity index is 499. The first-order valence-corrected chi connectivity index (χ1v) is 7.02. The molecule has 0 aliphatic carbocycles. The van der Waals surface area contributed by atoms with E-state index in [-0.39, 0.29) is 6.61 Å². The number of aliphatic hydroxyl groups excluding tert-OH is 1. The standard InChI is InChI=1S/C13H17N3O2S/c1-2-14-13-16-15-12(19-13)9-18-11-5-3-10(4-6-11)7-8-17/h3-6,17H,2,7-9H2,1H3,(H,14,16). The number of nitrogens with zero attached hydrogens (tertiary/aromatic N) is 2. The van der Waals surface area contributed by atoms with Crippen molar-refractivity contribution in [1.82, 2.24) is 10.2 Å². The van der Waals surface area contributed by atoms with Crippen molar-refractivity contribution in [3.63, 3.8) is 0 Å². The monoisotopic (exact) mass is 279 g/mol. The second-order valence-corrected chi connectivity index (χ2v) is 5.00. The van der Waals surface area contributed by atoms with E-state index in [1.54, 1.807) is 0 Å². The quantitative estimate of drug-likeness (QED) is 0.812. The maximum atomic E-state index is 8.84. The highest BCUT2D eigenvalue weighted by atomic mass is 32.1. The lowest BCUT2D eigenvalue weighted by Crippen LogP contribution is -1.95. The molecule has 6 heteroatoms. The molecule has 0 unspecified atom stereocenters. The van der Waals surface area contributed by atoms with E-state index in [2.05, 4.69) is 15.5 Å². The van der Waals surface area contributed by atoms with Crippen molar-refractivity contribution in [3.8, 4) is 5.75 Å². The minimum Gasteiger partial charge on any atom is -0.486 e. The van der Waals surface area contributed by atoms with Crippen LogP contribution >= 0.6 is 11.3 Å². The minimum atomic E-state index is 0.165. The Morgan fingerprint density at radius 2 is 2.05 bits per heavy atom. The van der Waals surface area contributed by atoms with E-state index in [0.29, 0.717) is 13.0 Å². The third-order valence-corrected chi connectivity index (χ3v) is 3.34. The molecule has 0 bridgehead atoms. The predicted octanol–water partition coefficient (Wildman–Crippen LogP) is 2.08. The van der Waals surface area contributed by atoms with Gasteiger partial charge in [0.1, 0.15) is 12.4 Å². The van der Waals surface area contributed by atoms with Gasteiger partial charge in [-0.15, -0.1) is 10.2 Å². The third kappa shape index (κ3) is 4.18. The molecule has 2 rings (SSSR count). The fourth-order valence-corrected chi connectivity index (χ4v) is 2.28. The van der Waals surface area contributed by atoms with Crippen LogP contribution in [0, 0.1) is 0 Å². The van der Waals surface area contributed by atoms with E-state index >= 15 is 0 Å². The fraction of sp³-hybridized carbons (Fsp3) is 0.385. The molecule has 5 nitrogen and oxygen atoms in total. The lowest BCUT2D eigenvalue weighted by atomic mass is 10.1. The number of hydrogen-bond donors (Lipinski definition) is 2. The summed E-state index contributed by atoms with van der Waals surface area (Å²) in [5.41, 5.74) is 1.10. The molecule has 0 aliphatic rings. The van der Waals surface area contributed by atoms with E-state index in [9.17, 15) is 0 Å². The Kier molecular flexibility index (Phi) is 5.11. The van der Waals surface area contributed by atoms with Crippen molar-refractivity contribution >= 4 is 16.5 Å². The van der Waals surface area contributed by atoms with Gasteiger partial charge in [-0.2, -0.15) is 0 Å². The van der Waals surface area contributed by atoms with Crippen molar-refractivity contribution in [2.24, 2.45) is 0 Å². The molecule has 1 aromatic carbocycles. The summed E-state index contributed by atoms with van der Waals surface area (Å²) in [6.07, 6.45) is 0.669. The second-order valence-electron chi connectivity index (χ2n) is 3.94. The van der Waals surface area contributed by atoms with Gasteiger partial charge in [0.2, 0.25) is 5.13 Å². The molecule has 0 aliphatic heterocycles. The van der Waals surface area contributed by atoms with Crippen molar-refractivity contribution < 1.29 is 9.84 Å². The molecule has 0 saturated carbocycles. The van der Waals surface area contributed by atoms with Crippen LogP contribution in [-0.2, 0) is 13.0 Å². The zero-order valence-electron chi connectivity index (χ0n) is 10.8. The Labute approximate surface area is 116 Å². The fourth-order valence-electron chi connectivity index (χ4n) is 1.56. The molecule has 1 heterocycles. The number of hydrogen-bond acceptors (Lipinski definition) is 6. The van der Waals surface area contributed by atoms with Crippen molar-refractivity contribution in [2.45, 2.75) is 20.0 Å². The maximum Gasteiger partial charge on any atom is 0.205 e. The number of aliphatic hydroxyl groups is 1. The molecule has 102 valence electrons. The van der Waals surface area contributed by atoms with Gasteiger partial charge in [0.05, 0.1) is 0 Å². The van der Waals surface area contributed by atoms with E-state index in [1.807, 2.05) is 31.2 Å². The zero-order chi connectivity index (χ0) is 13.5. The number of rotatable bonds is 7. The van der Waals surface area contributed by atoms with Crippen LogP contribution in [-0.4, -0.2) is 28.5 Å². The van der Waals surface area contributed by atoms with Crippen molar-refractivity contribution in [3.05, 3.63) is 34.8 Å². The van der Waals surface area contributed by atoms with Crippen molar-refractivity contribution in [2.75, 3.05) is 18.5 Å². The molecular weight excluding hydrogens is 262 g/mol. The Balaban J connectivity index is 1.86. The highest BCUT2D eigenvalue weighted by Crippen LogP contribution is 2.18. The highest BCUT2D eigenvalue weighted by molar-refractivity contribution is 7.15. The molecule has 2 aromatic rings. The summed E-state index contributed by atoms with van der Waals surface area (Å²) in [7, 11) is 0. The van der Waals surface area contributed by atoms with Gasteiger partial charge in [-0.1, -0.05) is 23.5 Å². The Hall–Kier alpha value is -1.66. The van der Waals surface area contributed by atoms with Gasteiger partial charge in [0.15, 0.2) is 5.01 Å². The second kappa shape index (κ2) is 7.06. The number of nitrogens with one attached hydrogen (secondary N) is 1. The molecule has 0 amide bonds. The molecule has 1 aromatic heterocycles. The molecule has 0 atom stereocenters. The molecule has 2 N–H and O–H groups in total. The van der Waals surface area contributed by atoms with Gasteiger partial charge in [0, 0.05) is 13.2 Å². The number of aromatic nitrogens is 2. The number of anilines is 1. The van der Waals surface area contributed by atoms with Crippen LogP contribution in [0.4, 0.5) is 5.13 Å². The Morgan fingerprint density at radius 3 is 2.74 bits per heavy atom. The summed E-state index contributed by atoms with van der Waals surface area (Å²) in [5, 5.41) is 21.7. The van der Waals surface area contributed by atoms with E-state index in [0.717, 1.165) is 28.0 Å². The van der Waals surface area contributed by atoms with E-state index in [1.165, 1.54) is 11.3 Å². The molecule has 0 saturated heterocycles. The molecular formula is C13H17N3O2S. The normalized spacial score (nSPS) is 10.4. The van der Waals surface area contributed by atoms with Crippen LogP contribution in [0.5, 0.6) is 5.75 Å². The van der Waals surface area contributed by atoms with Gasteiger partial charge in [0.25, 0.3) is 0 Å². The summed E-state index contributed by atoms with van der Waals surface area (Å²) in [4.78, 5) is 0. The average Bonchev–Trinajstić information content (AvgIpc) is 2.87. The molecule has 0 fully saturated rings. The SMILES string of the molecule is CCNc1nnc(COc2ccc(CCO)cc2)s1. The summed E-state index contributed by atoms with van der Waals surface area (Å²) < 4.78 is 5.63. The number of benzene rings is 1. The average molecular weight is 279 g/mol. The molecule has 0 radical (unpaired) electrons. The summed E-state index contributed by atoms with van der Waals surface area (Å²) in [6.45, 7) is 3.44. The van der Waals surface area contributed by atoms with Crippen LogP contribution in [0.3, 0.4) is 0 Å². The smallest absolute Gasteiger partial charge is 0.205 e. The van der Waals surface area contributed by atoms with Gasteiger partial charge in [-0.25, -0.2) is 0 Å². The maximum absolute atomic E-state index is 8.84. The third-order valence-electron chi connectivity index (χ3n) is 2.48. The summed E-state index contributed by atoms with van der Waals surface area (Å²) in [6, 6.07) is 7.71. The molecule has 19 heavy (non-hydrogen) atoms. The van der Waals surface area contributed by atoms with Gasteiger partial charge in [-0.05, 0) is 31.0 Å². The Morgan fingerprint density at radius 1 is 1.26 bits per heavy atom. The lowest BCUT2D eigenvalue weighted by molar-refractivity contribution is 0.298. The summed E-state index contributed by atoms with van der Waals surface area (Å²) >= 11 is 1.50. The summed E-state index contributed by atoms with van der Waals surface area (Å²) in [5.74, 6) is 0.793. The highest BCUT2D eigenvalue weighted by Gasteiger charge is 2.04. The first-order chi connectivity index (χ1) is 9.31. The van der Waals surface area contributed by atoms with Crippen LogP contribution in [0.1, 0.15) is 17.5 Å².